The average Bonchev–Trinajstić information content (AvgIpc) is 3.53. The van der Waals surface area contributed by atoms with Crippen LogP contribution in [0.25, 0.3) is 5.76 Å². The molecular formula is C23H22ClN3O5. The van der Waals surface area contributed by atoms with Crippen LogP contribution in [0.5, 0.6) is 5.75 Å². The standard InChI is InChI=1S/C23H22ClN3O5/c1-2-31-17-7-6-15(13-16(17)24)21(28)19-20(18-5-3-12-32-18)27(23(30)22(19)29)10-4-9-26-11-8-25-14-26/h3,5-8,11-14,20,28H,2,4,9-10H2,1H3. The molecule has 1 atom stereocenters. The van der Waals surface area contributed by atoms with Gasteiger partial charge in [-0.1, -0.05) is 11.6 Å². The number of amides is 1. The number of carbonyl (C=O) groups excluding carboxylic acids is 2. The first kappa shape index (κ1) is 21.7. The molecule has 0 aliphatic carbocycles. The molecule has 0 radical (unpaired) electrons. The van der Waals surface area contributed by atoms with Crippen LogP contribution in [-0.4, -0.2) is 44.4 Å². The number of aliphatic hydroxyl groups excluding tert-OH is 1. The van der Waals surface area contributed by atoms with Crippen LogP contribution >= 0.6 is 11.6 Å². The summed E-state index contributed by atoms with van der Waals surface area (Å²) in [5, 5.41) is 11.3. The van der Waals surface area contributed by atoms with Gasteiger partial charge in [-0.05, 0) is 43.7 Å². The van der Waals surface area contributed by atoms with Crippen molar-refractivity contribution in [2.75, 3.05) is 13.2 Å². The molecule has 1 fully saturated rings. The smallest absolute Gasteiger partial charge is 0.295 e. The van der Waals surface area contributed by atoms with Crippen molar-refractivity contribution in [3.63, 3.8) is 0 Å². The molecule has 1 aliphatic heterocycles. The minimum absolute atomic E-state index is 0.0344. The van der Waals surface area contributed by atoms with Crippen molar-refractivity contribution in [1.29, 1.82) is 0 Å². The third kappa shape index (κ3) is 4.13. The number of nitrogens with zero attached hydrogens (tertiary/aromatic N) is 3. The maximum atomic E-state index is 13.0. The summed E-state index contributed by atoms with van der Waals surface area (Å²) in [5.74, 6) is -0.905. The highest BCUT2D eigenvalue weighted by atomic mass is 35.5. The van der Waals surface area contributed by atoms with E-state index in [1.807, 2.05) is 17.7 Å². The number of imidazole rings is 1. The van der Waals surface area contributed by atoms with E-state index in [-0.39, 0.29) is 11.3 Å². The summed E-state index contributed by atoms with van der Waals surface area (Å²) in [7, 11) is 0. The molecule has 4 rings (SSSR count). The van der Waals surface area contributed by atoms with E-state index in [1.54, 1.807) is 36.8 Å². The zero-order valence-corrected chi connectivity index (χ0v) is 18.2. The van der Waals surface area contributed by atoms with Gasteiger partial charge in [-0.3, -0.25) is 9.59 Å². The predicted molar refractivity (Wildman–Crippen MR) is 117 cm³/mol. The molecule has 1 aliphatic rings. The van der Waals surface area contributed by atoms with Crippen molar-refractivity contribution in [3.8, 4) is 5.75 Å². The minimum atomic E-state index is -0.835. The highest BCUT2D eigenvalue weighted by Crippen LogP contribution is 2.40. The van der Waals surface area contributed by atoms with Gasteiger partial charge in [-0.25, -0.2) is 4.98 Å². The largest absolute Gasteiger partial charge is 0.507 e. The number of hydrogen-bond acceptors (Lipinski definition) is 6. The van der Waals surface area contributed by atoms with Crippen LogP contribution in [0.1, 0.15) is 30.7 Å². The number of hydrogen-bond donors (Lipinski definition) is 1. The van der Waals surface area contributed by atoms with Gasteiger partial charge in [0.15, 0.2) is 0 Å². The van der Waals surface area contributed by atoms with E-state index in [0.29, 0.717) is 48.2 Å². The number of ether oxygens (including phenoxy) is 1. The van der Waals surface area contributed by atoms with Gasteiger partial charge < -0.3 is 23.7 Å². The zero-order chi connectivity index (χ0) is 22.7. The van der Waals surface area contributed by atoms with E-state index >= 15 is 0 Å². The fourth-order valence-electron chi connectivity index (χ4n) is 3.77. The van der Waals surface area contributed by atoms with Crippen molar-refractivity contribution in [2.24, 2.45) is 0 Å². The number of Topliss-reactive ketones (excluding diaryl/α,β-unsaturated/α-hetero) is 1. The molecule has 0 saturated carbocycles. The summed E-state index contributed by atoms with van der Waals surface area (Å²) in [4.78, 5) is 31.3. The average molecular weight is 456 g/mol. The molecule has 0 spiro atoms. The Hall–Kier alpha value is -3.52. The number of halogens is 1. The van der Waals surface area contributed by atoms with E-state index in [1.165, 1.54) is 17.2 Å². The topological polar surface area (TPSA) is 97.8 Å². The van der Waals surface area contributed by atoms with Crippen molar-refractivity contribution < 1.29 is 23.8 Å². The number of aryl methyl sites for hydroxylation is 1. The lowest BCUT2D eigenvalue weighted by Crippen LogP contribution is -2.31. The summed E-state index contributed by atoms with van der Waals surface area (Å²) in [6, 6.07) is 7.24. The lowest BCUT2D eigenvalue weighted by atomic mass is 9.99. The van der Waals surface area contributed by atoms with Gasteiger partial charge in [0.05, 0.1) is 29.8 Å². The zero-order valence-electron chi connectivity index (χ0n) is 17.4. The van der Waals surface area contributed by atoms with Gasteiger partial charge in [0.1, 0.15) is 23.3 Å². The maximum Gasteiger partial charge on any atom is 0.295 e. The van der Waals surface area contributed by atoms with E-state index in [0.717, 1.165) is 0 Å². The van der Waals surface area contributed by atoms with Crippen LogP contribution in [0.3, 0.4) is 0 Å². The fourth-order valence-corrected chi connectivity index (χ4v) is 4.01. The molecule has 3 aromatic rings. The molecule has 166 valence electrons. The van der Waals surface area contributed by atoms with Gasteiger partial charge in [0.2, 0.25) is 0 Å². The Morgan fingerprint density at radius 3 is 2.78 bits per heavy atom. The molecular weight excluding hydrogens is 434 g/mol. The Labute approximate surface area is 189 Å². The second-order valence-corrected chi connectivity index (χ2v) is 7.65. The van der Waals surface area contributed by atoms with Crippen LogP contribution in [0.4, 0.5) is 0 Å². The molecule has 2 aromatic heterocycles. The quantitative estimate of drug-likeness (QED) is 0.313. The Morgan fingerprint density at radius 2 is 2.12 bits per heavy atom. The molecule has 0 bridgehead atoms. The van der Waals surface area contributed by atoms with Crippen molar-refractivity contribution in [3.05, 3.63) is 77.2 Å². The lowest BCUT2D eigenvalue weighted by molar-refractivity contribution is -0.140. The molecule has 9 heteroatoms. The number of aliphatic hydroxyl groups is 1. The Bertz CT molecular complexity index is 1140. The third-order valence-electron chi connectivity index (χ3n) is 5.23. The highest BCUT2D eigenvalue weighted by Gasteiger charge is 2.47. The van der Waals surface area contributed by atoms with Crippen LogP contribution in [0.2, 0.25) is 5.02 Å². The molecule has 3 heterocycles. The van der Waals surface area contributed by atoms with Crippen molar-refractivity contribution >= 4 is 29.1 Å². The first-order valence-electron chi connectivity index (χ1n) is 10.2. The summed E-state index contributed by atoms with van der Waals surface area (Å²) in [5.41, 5.74) is 0.277. The molecule has 1 aromatic carbocycles. The monoisotopic (exact) mass is 455 g/mol. The van der Waals surface area contributed by atoms with E-state index < -0.39 is 17.7 Å². The van der Waals surface area contributed by atoms with E-state index in [4.69, 9.17) is 20.8 Å². The maximum absolute atomic E-state index is 13.0. The van der Waals surface area contributed by atoms with Gasteiger partial charge in [-0.2, -0.15) is 0 Å². The number of ketones is 1. The first-order chi connectivity index (χ1) is 15.5. The van der Waals surface area contributed by atoms with Crippen molar-refractivity contribution in [2.45, 2.75) is 25.9 Å². The normalized spacial score (nSPS) is 17.8. The molecule has 1 saturated heterocycles. The highest BCUT2D eigenvalue weighted by molar-refractivity contribution is 6.46. The van der Waals surface area contributed by atoms with Gasteiger partial charge in [0.25, 0.3) is 11.7 Å². The minimum Gasteiger partial charge on any atom is -0.507 e. The third-order valence-corrected chi connectivity index (χ3v) is 5.53. The van der Waals surface area contributed by atoms with Crippen LogP contribution in [-0.2, 0) is 16.1 Å². The van der Waals surface area contributed by atoms with Crippen LogP contribution in [0, 0.1) is 0 Å². The number of carbonyl (C=O) groups is 2. The number of rotatable bonds is 8. The molecule has 1 unspecified atom stereocenters. The predicted octanol–water partition coefficient (Wildman–Crippen LogP) is 4.04. The van der Waals surface area contributed by atoms with Gasteiger partial charge in [-0.15, -0.1) is 0 Å². The number of furan rings is 1. The lowest BCUT2D eigenvalue weighted by Gasteiger charge is -2.23. The summed E-state index contributed by atoms with van der Waals surface area (Å²) in [6.45, 7) is 3.20. The Kier molecular flexibility index (Phi) is 6.32. The second kappa shape index (κ2) is 9.32. The molecule has 1 amide bonds. The van der Waals surface area contributed by atoms with Crippen molar-refractivity contribution in [1.82, 2.24) is 14.5 Å². The Morgan fingerprint density at radius 1 is 1.28 bits per heavy atom. The Balaban J connectivity index is 1.68. The molecule has 8 nitrogen and oxygen atoms in total. The fraction of sp³-hybridized carbons (Fsp3) is 0.261. The van der Waals surface area contributed by atoms with E-state index in [9.17, 15) is 14.7 Å². The number of aromatic nitrogens is 2. The molecule has 32 heavy (non-hydrogen) atoms. The van der Waals surface area contributed by atoms with Gasteiger partial charge in [0, 0.05) is 31.0 Å². The number of benzene rings is 1. The van der Waals surface area contributed by atoms with E-state index in [2.05, 4.69) is 4.98 Å². The SMILES string of the molecule is CCOc1ccc(C(O)=C2C(=O)C(=O)N(CCCn3ccnc3)C2c2ccco2)cc1Cl. The summed E-state index contributed by atoms with van der Waals surface area (Å²) < 4.78 is 12.9. The molecule has 1 N–H and O–H groups in total. The first-order valence-corrected chi connectivity index (χ1v) is 10.6. The summed E-state index contributed by atoms with van der Waals surface area (Å²) >= 11 is 6.26. The number of likely N-dealkylation sites (tertiary alicyclic amines) is 1. The summed E-state index contributed by atoms with van der Waals surface area (Å²) in [6.07, 6.45) is 7.25. The van der Waals surface area contributed by atoms with Crippen LogP contribution in [0.15, 0.2) is 65.3 Å². The second-order valence-electron chi connectivity index (χ2n) is 7.24. The van der Waals surface area contributed by atoms with Gasteiger partial charge >= 0.3 is 0 Å². The van der Waals surface area contributed by atoms with Crippen LogP contribution < -0.4 is 4.74 Å².